The van der Waals surface area contributed by atoms with Gasteiger partial charge in [-0.25, -0.2) is 4.68 Å². The Kier molecular flexibility index (Phi) is 2.56. The van der Waals surface area contributed by atoms with Gasteiger partial charge in [0.25, 0.3) is 0 Å². The molecule has 0 atom stereocenters. The van der Waals surface area contributed by atoms with Crippen LogP contribution in [0.5, 0.6) is 0 Å². The van der Waals surface area contributed by atoms with Crippen molar-refractivity contribution in [1.29, 1.82) is 0 Å². The number of halogens is 1. The number of nitrogens with zero attached hydrogens (tertiary/aromatic N) is 3. The van der Waals surface area contributed by atoms with Crippen molar-refractivity contribution in [3.63, 3.8) is 0 Å². The molecule has 4 nitrogen and oxygen atoms in total. The molecular weight excluding hydrogens is 292 g/mol. The quantitative estimate of drug-likeness (QED) is 0.751. The molecule has 2 heterocycles. The van der Waals surface area contributed by atoms with Crippen LogP contribution in [0.2, 0.25) is 0 Å². The highest BCUT2D eigenvalue weighted by molar-refractivity contribution is 9.10. The van der Waals surface area contributed by atoms with Gasteiger partial charge in [0.2, 0.25) is 0 Å². The van der Waals surface area contributed by atoms with Gasteiger partial charge in [-0.05, 0) is 31.2 Å². The Hall–Kier alpha value is -1.88. The Bertz CT molecular complexity index is 728. The van der Waals surface area contributed by atoms with Crippen LogP contribution in [0.15, 0.2) is 41.1 Å². The van der Waals surface area contributed by atoms with Gasteiger partial charge in [0.05, 0.1) is 28.8 Å². The van der Waals surface area contributed by atoms with Gasteiger partial charge >= 0.3 is 0 Å². The van der Waals surface area contributed by atoms with Crippen LogP contribution >= 0.6 is 15.9 Å². The van der Waals surface area contributed by atoms with Crippen LogP contribution in [0.4, 0.5) is 5.69 Å². The van der Waals surface area contributed by atoms with E-state index in [1.165, 1.54) is 0 Å². The predicted octanol–water partition coefficient (Wildman–Crippen LogP) is 3.07. The number of pyridine rings is 1. The van der Waals surface area contributed by atoms with Crippen molar-refractivity contribution in [3.05, 3.63) is 46.8 Å². The molecule has 18 heavy (non-hydrogen) atoms. The van der Waals surface area contributed by atoms with E-state index in [1.807, 2.05) is 37.4 Å². The van der Waals surface area contributed by atoms with Gasteiger partial charge in [-0.1, -0.05) is 15.9 Å². The molecule has 1 aromatic carbocycles. The van der Waals surface area contributed by atoms with Crippen LogP contribution in [-0.4, -0.2) is 14.8 Å². The van der Waals surface area contributed by atoms with Crippen molar-refractivity contribution in [2.24, 2.45) is 0 Å². The summed E-state index contributed by atoms with van der Waals surface area (Å²) in [6, 6.07) is 7.87. The minimum atomic E-state index is 0.615. The number of hydrogen-bond acceptors (Lipinski definition) is 3. The Balaban J connectivity index is 2.39. The number of aromatic nitrogens is 3. The summed E-state index contributed by atoms with van der Waals surface area (Å²) in [4.78, 5) is 4.33. The Labute approximate surface area is 113 Å². The lowest BCUT2D eigenvalue weighted by Crippen LogP contribution is -2.02. The summed E-state index contributed by atoms with van der Waals surface area (Å²) in [5.74, 6) is 0. The molecule has 5 heteroatoms. The zero-order chi connectivity index (χ0) is 12.7. The maximum atomic E-state index is 6.04. The van der Waals surface area contributed by atoms with Crippen molar-refractivity contribution >= 4 is 32.5 Å². The first-order valence-corrected chi connectivity index (χ1v) is 6.31. The summed E-state index contributed by atoms with van der Waals surface area (Å²) in [6.07, 6.45) is 3.57. The van der Waals surface area contributed by atoms with Crippen molar-refractivity contribution in [1.82, 2.24) is 14.8 Å². The monoisotopic (exact) mass is 302 g/mol. The van der Waals surface area contributed by atoms with Crippen LogP contribution in [0, 0.1) is 6.92 Å². The fraction of sp³-hybridized carbons (Fsp3) is 0.0769. The lowest BCUT2D eigenvalue weighted by molar-refractivity contribution is 0.870. The summed E-state index contributed by atoms with van der Waals surface area (Å²) >= 11 is 3.47. The second-order valence-corrected chi connectivity index (χ2v) is 5.04. The number of hydrogen-bond donors (Lipinski definition) is 1. The molecule has 2 aromatic heterocycles. The average molecular weight is 303 g/mol. The average Bonchev–Trinajstić information content (AvgIpc) is 2.75. The number of fused-ring (bicyclic) bond motifs is 1. The number of anilines is 1. The molecule has 0 saturated carbocycles. The van der Waals surface area contributed by atoms with Gasteiger partial charge in [-0.2, -0.15) is 5.10 Å². The molecule has 3 rings (SSSR count). The van der Waals surface area contributed by atoms with Crippen LogP contribution in [0.25, 0.3) is 16.6 Å². The first kappa shape index (κ1) is 11.2. The van der Waals surface area contributed by atoms with E-state index in [4.69, 9.17) is 5.73 Å². The maximum Gasteiger partial charge on any atom is 0.0985 e. The molecule has 0 amide bonds. The zero-order valence-electron chi connectivity index (χ0n) is 9.76. The van der Waals surface area contributed by atoms with E-state index in [2.05, 4.69) is 26.0 Å². The first-order valence-electron chi connectivity index (χ1n) is 5.51. The van der Waals surface area contributed by atoms with Crippen LogP contribution < -0.4 is 5.73 Å². The molecule has 2 N–H and O–H groups in total. The van der Waals surface area contributed by atoms with E-state index in [9.17, 15) is 0 Å². The number of rotatable bonds is 1. The van der Waals surface area contributed by atoms with E-state index in [1.54, 1.807) is 10.9 Å². The maximum absolute atomic E-state index is 6.04. The Morgan fingerprint density at radius 3 is 2.83 bits per heavy atom. The molecule has 0 bridgehead atoms. The highest BCUT2D eigenvalue weighted by Gasteiger charge is 2.10. The summed E-state index contributed by atoms with van der Waals surface area (Å²) in [5.41, 5.74) is 9.38. The second kappa shape index (κ2) is 4.10. The summed E-state index contributed by atoms with van der Waals surface area (Å²) in [5, 5.41) is 5.39. The molecule has 3 aromatic rings. The smallest absolute Gasteiger partial charge is 0.0985 e. The topological polar surface area (TPSA) is 56.7 Å². The van der Waals surface area contributed by atoms with Crippen LogP contribution in [0.3, 0.4) is 0 Å². The highest BCUT2D eigenvalue weighted by Crippen LogP contribution is 2.28. The minimum Gasteiger partial charge on any atom is -0.396 e. The molecule has 0 spiro atoms. The molecule has 0 aliphatic carbocycles. The van der Waals surface area contributed by atoms with Gasteiger partial charge < -0.3 is 5.73 Å². The van der Waals surface area contributed by atoms with Gasteiger partial charge in [0.15, 0.2) is 0 Å². The molecule has 0 saturated heterocycles. The molecule has 0 fully saturated rings. The molecule has 0 aliphatic heterocycles. The lowest BCUT2D eigenvalue weighted by atomic mass is 10.1. The molecular formula is C13H11BrN4. The molecule has 0 radical (unpaired) electrons. The summed E-state index contributed by atoms with van der Waals surface area (Å²) in [6.45, 7) is 1.95. The SMILES string of the molecule is Cc1ccn(-c2c(N)cnc3ccc(Br)cc23)n1. The number of benzene rings is 1. The second-order valence-electron chi connectivity index (χ2n) is 4.13. The van der Waals surface area contributed by atoms with E-state index in [0.717, 1.165) is 26.8 Å². The Morgan fingerprint density at radius 2 is 2.11 bits per heavy atom. The summed E-state index contributed by atoms with van der Waals surface area (Å²) in [7, 11) is 0. The van der Waals surface area contributed by atoms with Crippen molar-refractivity contribution in [2.75, 3.05) is 5.73 Å². The first-order chi connectivity index (χ1) is 8.65. The van der Waals surface area contributed by atoms with Crippen molar-refractivity contribution in [2.45, 2.75) is 6.92 Å². The fourth-order valence-electron chi connectivity index (χ4n) is 1.96. The van der Waals surface area contributed by atoms with Gasteiger partial charge in [0, 0.05) is 16.1 Å². The van der Waals surface area contributed by atoms with Crippen LogP contribution in [-0.2, 0) is 0 Å². The third kappa shape index (κ3) is 1.76. The largest absolute Gasteiger partial charge is 0.396 e. The Morgan fingerprint density at radius 1 is 1.28 bits per heavy atom. The lowest BCUT2D eigenvalue weighted by Gasteiger charge is -2.09. The normalized spacial score (nSPS) is 11.0. The zero-order valence-corrected chi connectivity index (χ0v) is 11.3. The third-order valence-corrected chi connectivity index (χ3v) is 3.27. The number of nitrogens with two attached hydrogens (primary N) is 1. The summed E-state index contributed by atoms with van der Waals surface area (Å²) < 4.78 is 2.79. The van der Waals surface area contributed by atoms with E-state index in [-0.39, 0.29) is 0 Å². The van der Waals surface area contributed by atoms with Crippen LogP contribution in [0.1, 0.15) is 5.69 Å². The van der Waals surface area contributed by atoms with Crippen molar-refractivity contribution < 1.29 is 0 Å². The predicted molar refractivity (Wildman–Crippen MR) is 75.7 cm³/mol. The number of aryl methyl sites for hydroxylation is 1. The van der Waals surface area contributed by atoms with E-state index < -0.39 is 0 Å². The fourth-order valence-corrected chi connectivity index (χ4v) is 2.32. The van der Waals surface area contributed by atoms with Crippen molar-refractivity contribution in [3.8, 4) is 5.69 Å². The third-order valence-electron chi connectivity index (χ3n) is 2.78. The number of nitrogen functional groups attached to an aromatic ring is 1. The molecule has 90 valence electrons. The minimum absolute atomic E-state index is 0.615. The van der Waals surface area contributed by atoms with Gasteiger partial charge in [-0.15, -0.1) is 0 Å². The van der Waals surface area contributed by atoms with Gasteiger partial charge in [0.1, 0.15) is 0 Å². The standard InChI is InChI=1S/C13H11BrN4/c1-8-4-5-18(17-8)13-10-6-9(14)2-3-12(10)16-7-11(13)15/h2-7H,15H2,1H3. The molecule has 0 unspecified atom stereocenters. The van der Waals surface area contributed by atoms with Gasteiger partial charge in [-0.3, -0.25) is 4.98 Å². The van der Waals surface area contributed by atoms with E-state index in [0.29, 0.717) is 5.69 Å². The molecule has 0 aliphatic rings. The highest BCUT2D eigenvalue weighted by atomic mass is 79.9. The van der Waals surface area contributed by atoms with E-state index >= 15 is 0 Å².